The Morgan fingerprint density at radius 1 is 1.37 bits per heavy atom. The highest BCUT2D eigenvalue weighted by Gasteiger charge is 2.29. The third-order valence-corrected chi connectivity index (χ3v) is 3.58. The van der Waals surface area contributed by atoms with Crippen LogP contribution in [0.15, 0.2) is 28.1 Å². The maximum Gasteiger partial charge on any atom is 0.329 e. The summed E-state index contributed by atoms with van der Waals surface area (Å²) in [5.74, 6) is 5.19. The Morgan fingerprint density at radius 3 is 2.68 bits per heavy atom. The van der Waals surface area contributed by atoms with Crippen molar-refractivity contribution >= 4 is 17.2 Å². The Kier molecular flexibility index (Phi) is 2.69. The zero-order valence-corrected chi connectivity index (χ0v) is 11.2. The molecule has 2 aromatic rings. The molecule has 1 aromatic heterocycles. The van der Waals surface area contributed by atoms with E-state index in [0.717, 1.165) is 29.4 Å². The predicted octanol–water partition coefficient (Wildman–Crippen LogP) is 2.01. The number of aromatic nitrogens is 2. The third kappa shape index (κ3) is 1.85. The van der Waals surface area contributed by atoms with E-state index in [1.807, 2.05) is 41.2 Å². The SMILES string of the molecule is CC(C)n1c(=O)n(C2CC2)c2cc(C=NN)ccc21. The number of hydrogen-bond acceptors (Lipinski definition) is 3. The van der Waals surface area contributed by atoms with Crippen LogP contribution < -0.4 is 11.5 Å². The minimum atomic E-state index is 0.0920. The van der Waals surface area contributed by atoms with Crippen LogP contribution in [0.25, 0.3) is 11.0 Å². The Morgan fingerprint density at radius 2 is 2.11 bits per heavy atom. The number of hydrazone groups is 1. The van der Waals surface area contributed by atoms with Gasteiger partial charge in [0, 0.05) is 12.1 Å². The van der Waals surface area contributed by atoms with Crippen LogP contribution in [0.1, 0.15) is 44.3 Å². The highest BCUT2D eigenvalue weighted by Crippen LogP contribution is 2.36. The van der Waals surface area contributed by atoms with Gasteiger partial charge in [-0.2, -0.15) is 5.10 Å². The quantitative estimate of drug-likeness (QED) is 0.520. The fourth-order valence-corrected chi connectivity index (χ4v) is 2.61. The second-order valence-electron chi connectivity index (χ2n) is 5.37. The van der Waals surface area contributed by atoms with Crippen molar-refractivity contribution in [3.8, 4) is 0 Å². The van der Waals surface area contributed by atoms with Crippen molar-refractivity contribution in [2.75, 3.05) is 0 Å². The first-order valence-corrected chi connectivity index (χ1v) is 6.63. The van der Waals surface area contributed by atoms with Gasteiger partial charge in [0.05, 0.1) is 17.2 Å². The molecule has 0 radical (unpaired) electrons. The van der Waals surface area contributed by atoms with E-state index in [4.69, 9.17) is 5.84 Å². The molecule has 0 amide bonds. The summed E-state index contributed by atoms with van der Waals surface area (Å²) in [5, 5.41) is 3.55. The van der Waals surface area contributed by atoms with Crippen molar-refractivity contribution in [2.24, 2.45) is 10.9 Å². The summed E-state index contributed by atoms with van der Waals surface area (Å²) in [7, 11) is 0. The molecule has 1 aliphatic carbocycles. The Balaban J connectivity index is 2.33. The topological polar surface area (TPSA) is 65.3 Å². The van der Waals surface area contributed by atoms with Crippen molar-refractivity contribution < 1.29 is 0 Å². The second-order valence-corrected chi connectivity index (χ2v) is 5.37. The minimum absolute atomic E-state index is 0.0920. The summed E-state index contributed by atoms with van der Waals surface area (Å²) in [5.41, 5.74) is 2.99. The summed E-state index contributed by atoms with van der Waals surface area (Å²) in [6, 6.07) is 6.43. The lowest BCUT2D eigenvalue weighted by atomic mass is 10.2. The number of nitrogens with zero attached hydrogens (tertiary/aromatic N) is 3. The highest BCUT2D eigenvalue weighted by atomic mass is 16.1. The zero-order chi connectivity index (χ0) is 13.6. The van der Waals surface area contributed by atoms with Gasteiger partial charge in [0.25, 0.3) is 0 Å². The van der Waals surface area contributed by atoms with Gasteiger partial charge in [-0.1, -0.05) is 6.07 Å². The monoisotopic (exact) mass is 258 g/mol. The van der Waals surface area contributed by atoms with Crippen LogP contribution in [-0.4, -0.2) is 15.3 Å². The lowest BCUT2D eigenvalue weighted by molar-refractivity contribution is 0.568. The first kappa shape index (κ1) is 12.0. The van der Waals surface area contributed by atoms with Crippen LogP contribution in [0.4, 0.5) is 0 Å². The van der Waals surface area contributed by atoms with E-state index >= 15 is 0 Å². The van der Waals surface area contributed by atoms with Crippen LogP contribution >= 0.6 is 0 Å². The van der Waals surface area contributed by atoms with Gasteiger partial charge in [0.15, 0.2) is 0 Å². The van der Waals surface area contributed by atoms with Crippen LogP contribution in [0.5, 0.6) is 0 Å². The molecule has 0 spiro atoms. The fourth-order valence-electron chi connectivity index (χ4n) is 2.61. The maximum atomic E-state index is 12.5. The molecule has 1 aromatic carbocycles. The molecule has 0 unspecified atom stereocenters. The Bertz CT molecular complexity index is 704. The zero-order valence-electron chi connectivity index (χ0n) is 11.2. The van der Waals surface area contributed by atoms with Gasteiger partial charge in [0.2, 0.25) is 0 Å². The van der Waals surface area contributed by atoms with E-state index in [1.54, 1.807) is 6.21 Å². The number of rotatable bonds is 3. The normalized spacial score (nSPS) is 15.9. The summed E-state index contributed by atoms with van der Waals surface area (Å²) < 4.78 is 3.78. The highest BCUT2D eigenvalue weighted by molar-refractivity contribution is 5.87. The van der Waals surface area contributed by atoms with Gasteiger partial charge in [-0.15, -0.1) is 0 Å². The molecule has 1 aliphatic rings. The molecule has 0 bridgehead atoms. The molecule has 5 nitrogen and oxygen atoms in total. The van der Waals surface area contributed by atoms with Gasteiger partial charge in [-0.25, -0.2) is 4.79 Å². The lowest BCUT2D eigenvalue weighted by Gasteiger charge is -2.06. The molecule has 0 atom stereocenters. The standard InChI is InChI=1S/C14H18N4O/c1-9(2)17-12-6-3-10(8-16-15)7-13(12)18(14(17)19)11-4-5-11/h3,6-9,11H,4-5,15H2,1-2H3. The molecule has 1 fully saturated rings. The van der Waals surface area contributed by atoms with Gasteiger partial charge >= 0.3 is 5.69 Å². The molecule has 2 N–H and O–H groups in total. The average molecular weight is 258 g/mol. The molecular weight excluding hydrogens is 240 g/mol. The van der Waals surface area contributed by atoms with Gasteiger partial charge in [0.1, 0.15) is 0 Å². The molecule has 0 aliphatic heterocycles. The van der Waals surface area contributed by atoms with Crippen molar-refractivity contribution in [3.63, 3.8) is 0 Å². The smallest absolute Gasteiger partial charge is 0.323 e. The first-order chi connectivity index (χ1) is 9.13. The Labute approximate surface area is 111 Å². The largest absolute Gasteiger partial charge is 0.329 e. The summed E-state index contributed by atoms with van der Waals surface area (Å²) in [6.45, 7) is 4.07. The second kappa shape index (κ2) is 4.26. The van der Waals surface area contributed by atoms with E-state index in [2.05, 4.69) is 5.10 Å². The van der Waals surface area contributed by atoms with E-state index in [0.29, 0.717) is 6.04 Å². The fraction of sp³-hybridized carbons (Fsp3) is 0.429. The number of imidazole rings is 1. The number of nitrogens with two attached hydrogens (primary N) is 1. The lowest BCUT2D eigenvalue weighted by Crippen LogP contribution is -2.24. The molecule has 5 heteroatoms. The van der Waals surface area contributed by atoms with Crippen molar-refractivity contribution in [3.05, 3.63) is 34.2 Å². The molecule has 3 rings (SSSR count). The van der Waals surface area contributed by atoms with E-state index in [1.165, 1.54) is 0 Å². The summed E-state index contributed by atoms with van der Waals surface area (Å²) in [6.07, 6.45) is 3.78. The van der Waals surface area contributed by atoms with Crippen LogP contribution in [0, 0.1) is 0 Å². The number of benzene rings is 1. The van der Waals surface area contributed by atoms with Crippen molar-refractivity contribution in [2.45, 2.75) is 38.8 Å². The van der Waals surface area contributed by atoms with Crippen LogP contribution in [0.2, 0.25) is 0 Å². The molecule has 19 heavy (non-hydrogen) atoms. The van der Waals surface area contributed by atoms with E-state index < -0.39 is 0 Å². The van der Waals surface area contributed by atoms with Crippen LogP contribution in [-0.2, 0) is 0 Å². The van der Waals surface area contributed by atoms with Crippen molar-refractivity contribution in [1.82, 2.24) is 9.13 Å². The van der Waals surface area contributed by atoms with E-state index in [-0.39, 0.29) is 11.7 Å². The van der Waals surface area contributed by atoms with Crippen molar-refractivity contribution in [1.29, 1.82) is 0 Å². The maximum absolute atomic E-state index is 12.5. The Hall–Kier alpha value is -2.04. The summed E-state index contributed by atoms with van der Waals surface area (Å²) >= 11 is 0. The average Bonchev–Trinajstić information content (AvgIpc) is 3.13. The van der Waals surface area contributed by atoms with Gasteiger partial charge in [-0.05, 0) is 44.4 Å². The molecule has 100 valence electrons. The molecule has 1 saturated carbocycles. The first-order valence-electron chi connectivity index (χ1n) is 6.63. The van der Waals surface area contributed by atoms with Gasteiger partial charge < -0.3 is 5.84 Å². The summed E-state index contributed by atoms with van der Waals surface area (Å²) in [4.78, 5) is 12.5. The van der Waals surface area contributed by atoms with Crippen LogP contribution in [0.3, 0.4) is 0 Å². The third-order valence-electron chi connectivity index (χ3n) is 3.58. The van der Waals surface area contributed by atoms with E-state index in [9.17, 15) is 4.79 Å². The van der Waals surface area contributed by atoms with Gasteiger partial charge in [-0.3, -0.25) is 9.13 Å². The predicted molar refractivity (Wildman–Crippen MR) is 76.6 cm³/mol. The molecular formula is C14H18N4O. The number of fused-ring (bicyclic) bond motifs is 1. The number of hydrogen-bond donors (Lipinski definition) is 1. The molecule has 1 heterocycles. The minimum Gasteiger partial charge on any atom is -0.323 e. The molecule has 0 saturated heterocycles.